The Balaban J connectivity index is 1.80. The first-order valence-corrected chi connectivity index (χ1v) is 7.84. The van der Waals surface area contributed by atoms with E-state index in [4.69, 9.17) is 0 Å². The average molecular weight is 326 g/mol. The number of rotatable bonds is 5. The van der Waals surface area contributed by atoms with Crippen molar-refractivity contribution in [1.82, 2.24) is 10.2 Å². The van der Waals surface area contributed by atoms with Crippen molar-refractivity contribution >= 4 is 21.6 Å². The lowest BCUT2D eigenvalue weighted by Crippen LogP contribution is -2.46. The maximum atomic E-state index is 3.48. The number of benzene rings is 1. The van der Waals surface area contributed by atoms with E-state index in [0.717, 1.165) is 24.1 Å². The van der Waals surface area contributed by atoms with Crippen LogP contribution in [0.25, 0.3) is 0 Å². The molecule has 3 nitrogen and oxygen atoms in total. The van der Waals surface area contributed by atoms with Gasteiger partial charge in [-0.2, -0.15) is 0 Å². The van der Waals surface area contributed by atoms with Crippen molar-refractivity contribution in [1.29, 1.82) is 0 Å². The third-order valence-corrected chi connectivity index (χ3v) is 4.16. The molecule has 1 heterocycles. The first-order chi connectivity index (χ1) is 9.15. The van der Waals surface area contributed by atoms with Crippen molar-refractivity contribution in [2.75, 3.05) is 51.2 Å². The summed E-state index contributed by atoms with van der Waals surface area (Å²) in [5.74, 6) is 0.687. The van der Waals surface area contributed by atoms with E-state index < -0.39 is 0 Å². The van der Waals surface area contributed by atoms with Crippen molar-refractivity contribution in [3.05, 3.63) is 28.7 Å². The van der Waals surface area contributed by atoms with E-state index in [2.05, 4.69) is 69.3 Å². The van der Waals surface area contributed by atoms with Crippen LogP contribution in [0.4, 0.5) is 5.69 Å². The highest BCUT2D eigenvalue weighted by atomic mass is 79.9. The smallest absolute Gasteiger partial charge is 0.0364 e. The van der Waals surface area contributed by atoms with Gasteiger partial charge in [-0.25, -0.2) is 0 Å². The molecule has 1 aliphatic rings. The Morgan fingerprint density at radius 2 is 1.89 bits per heavy atom. The standard InChI is InChI=1S/C15H24BrN3/c1-13(12-19-9-7-17-8-10-19)11-18(2)15-5-3-14(16)4-6-15/h3-6,13,17H,7-12H2,1-2H3. The summed E-state index contributed by atoms with van der Waals surface area (Å²) < 4.78 is 1.14. The van der Waals surface area contributed by atoms with Crippen LogP contribution in [-0.2, 0) is 0 Å². The molecule has 1 atom stereocenters. The van der Waals surface area contributed by atoms with Gasteiger partial charge < -0.3 is 15.1 Å². The molecule has 1 aromatic carbocycles. The van der Waals surface area contributed by atoms with E-state index >= 15 is 0 Å². The summed E-state index contributed by atoms with van der Waals surface area (Å²) in [6, 6.07) is 8.54. The van der Waals surface area contributed by atoms with E-state index in [9.17, 15) is 0 Å². The van der Waals surface area contributed by atoms with Gasteiger partial charge in [-0.15, -0.1) is 0 Å². The number of hydrogen-bond donors (Lipinski definition) is 1. The molecule has 1 fully saturated rings. The average Bonchev–Trinajstić information content (AvgIpc) is 2.40. The Labute approximate surface area is 125 Å². The third-order valence-electron chi connectivity index (χ3n) is 3.63. The highest BCUT2D eigenvalue weighted by Gasteiger charge is 2.14. The van der Waals surface area contributed by atoms with Crippen LogP contribution in [0.2, 0.25) is 0 Å². The van der Waals surface area contributed by atoms with Crippen molar-refractivity contribution in [3.63, 3.8) is 0 Å². The van der Waals surface area contributed by atoms with Crippen LogP contribution in [0.5, 0.6) is 0 Å². The van der Waals surface area contributed by atoms with Crippen molar-refractivity contribution in [3.8, 4) is 0 Å². The van der Waals surface area contributed by atoms with Crippen LogP contribution in [0.3, 0.4) is 0 Å². The number of nitrogens with one attached hydrogen (secondary N) is 1. The lowest BCUT2D eigenvalue weighted by Gasteiger charge is -2.31. The van der Waals surface area contributed by atoms with Crippen LogP contribution in [0.15, 0.2) is 28.7 Å². The molecular weight excluding hydrogens is 302 g/mol. The van der Waals surface area contributed by atoms with Crippen LogP contribution < -0.4 is 10.2 Å². The Bertz CT molecular complexity index is 373. The predicted molar refractivity (Wildman–Crippen MR) is 85.9 cm³/mol. The SMILES string of the molecule is CC(CN1CCNCC1)CN(C)c1ccc(Br)cc1. The molecule has 4 heteroatoms. The largest absolute Gasteiger partial charge is 0.374 e. The second kappa shape index (κ2) is 7.27. The van der Waals surface area contributed by atoms with Gasteiger partial charge in [0.15, 0.2) is 0 Å². The number of halogens is 1. The van der Waals surface area contributed by atoms with Gasteiger partial charge in [-0.3, -0.25) is 0 Å². The fraction of sp³-hybridized carbons (Fsp3) is 0.600. The Hall–Kier alpha value is -0.580. The first kappa shape index (κ1) is 14.8. The molecule has 0 spiro atoms. The zero-order valence-corrected chi connectivity index (χ0v) is 13.5. The number of hydrogen-bond acceptors (Lipinski definition) is 3. The monoisotopic (exact) mass is 325 g/mol. The Morgan fingerprint density at radius 1 is 1.26 bits per heavy atom. The summed E-state index contributed by atoms with van der Waals surface area (Å²) in [7, 11) is 2.18. The number of piperazine rings is 1. The molecule has 0 radical (unpaired) electrons. The van der Waals surface area contributed by atoms with E-state index in [-0.39, 0.29) is 0 Å². The summed E-state index contributed by atoms with van der Waals surface area (Å²) in [6.07, 6.45) is 0. The van der Waals surface area contributed by atoms with Crippen LogP contribution in [-0.4, -0.2) is 51.2 Å². The topological polar surface area (TPSA) is 18.5 Å². The Morgan fingerprint density at radius 3 is 2.53 bits per heavy atom. The predicted octanol–water partition coefficient (Wildman–Crippen LogP) is 2.43. The van der Waals surface area contributed by atoms with Gasteiger partial charge in [0.1, 0.15) is 0 Å². The van der Waals surface area contributed by atoms with E-state index in [0.29, 0.717) is 5.92 Å². The maximum Gasteiger partial charge on any atom is 0.0364 e. The molecule has 0 amide bonds. The summed E-state index contributed by atoms with van der Waals surface area (Å²) in [5.41, 5.74) is 1.29. The van der Waals surface area contributed by atoms with Crippen molar-refractivity contribution < 1.29 is 0 Å². The molecule has 1 aliphatic heterocycles. The van der Waals surface area contributed by atoms with Gasteiger partial charge in [-0.05, 0) is 30.2 Å². The second-order valence-corrected chi connectivity index (χ2v) is 6.43. The molecule has 106 valence electrons. The molecule has 1 unspecified atom stereocenters. The fourth-order valence-corrected chi connectivity index (χ4v) is 2.93. The van der Waals surface area contributed by atoms with Crippen LogP contribution in [0, 0.1) is 5.92 Å². The molecule has 2 rings (SSSR count). The lowest BCUT2D eigenvalue weighted by atomic mass is 10.1. The molecule has 1 N–H and O–H groups in total. The molecular formula is C15H24BrN3. The highest BCUT2D eigenvalue weighted by molar-refractivity contribution is 9.10. The summed E-state index contributed by atoms with van der Waals surface area (Å²) in [5, 5.41) is 3.40. The van der Waals surface area contributed by atoms with Gasteiger partial charge in [0.2, 0.25) is 0 Å². The number of anilines is 1. The van der Waals surface area contributed by atoms with Crippen LogP contribution in [0.1, 0.15) is 6.92 Å². The molecule has 0 aliphatic carbocycles. The van der Waals surface area contributed by atoms with Crippen molar-refractivity contribution in [2.45, 2.75) is 6.92 Å². The summed E-state index contributed by atoms with van der Waals surface area (Å²) in [4.78, 5) is 4.91. The van der Waals surface area contributed by atoms with E-state index in [1.165, 1.54) is 25.3 Å². The molecule has 0 bridgehead atoms. The molecule has 0 saturated carbocycles. The van der Waals surface area contributed by atoms with Crippen molar-refractivity contribution in [2.24, 2.45) is 5.92 Å². The minimum atomic E-state index is 0.687. The highest BCUT2D eigenvalue weighted by Crippen LogP contribution is 2.18. The maximum absolute atomic E-state index is 3.48. The zero-order chi connectivity index (χ0) is 13.7. The summed E-state index contributed by atoms with van der Waals surface area (Å²) in [6.45, 7) is 9.29. The normalized spacial score (nSPS) is 18.3. The Kier molecular flexibility index (Phi) is 5.67. The van der Waals surface area contributed by atoms with Gasteiger partial charge in [0, 0.05) is 56.5 Å². The van der Waals surface area contributed by atoms with Gasteiger partial charge in [0.25, 0.3) is 0 Å². The fourth-order valence-electron chi connectivity index (χ4n) is 2.66. The second-order valence-electron chi connectivity index (χ2n) is 5.51. The van der Waals surface area contributed by atoms with Crippen LogP contribution >= 0.6 is 15.9 Å². The molecule has 1 saturated heterocycles. The van der Waals surface area contributed by atoms with Gasteiger partial charge in [-0.1, -0.05) is 22.9 Å². The summed E-state index contributed by atoms with van der Waals surface area (Å²) >= 11 is 3.48. The molecule has 19 heavy (non-hydrogen) atoms. The third kappa shape index (κ3) is 4.79. The minimum absolute atomic E-state index is 0.687. The van der Waals surface area contributed by atoms with E-state index in [1.54, 1.807) is 0 Å². The lowest BCUT2D eigenvalue weighted by molar-refractivity contribution is 0.213. The minimum Gasteiger partial charge on any atom is -0.374 e. The van der Waals surface area contributed by atoms with E-state index in [1.807, 2.05) is 0 Å². The van der Waals surface area contributed by atoms with Gasteiger partial charge in [0.05, 0.1) is 0 Å². The first-order valence-electron chi connectivity index (χ1n) is 7.05. The molecule has 0 aromatic heterocycles. The molecule has 1 aromatic rings. The zero-order valence-electron chi connectivity index (χ0n) is 11.9. The number of nitrogens with zero attached hydrogens (tertiary/aromatic N) is 2. The van der Waals surface area contributed by atoms with Gasteiger partial charge >= 0.3 is 0 Å². The quantitative estimate of drug-likeness (QED) is 0.897.